The van der Waals surface area contributed by atoms with Crippen molar-refractivity contribution >= 4 is 71.4 Å². The number of aromatic nitrogens is 2. The summed E-state index contributed by atoms with van der Waals surface area (Å²) in [7, 11) is 0. The average Bonchev–Trinajstić information content (AvgIpc) is 3.68. The Morgan fingerprint density at radius 3 is 1.33 bits per heavy atom. The first-order valence-electron chi connectivity index (χ1n) is 16.8. The van der Waals surface area contributed by atoms with E-state index in [0.29, 0.717) is 0 Å². The van der Waals surface area contributed by atoms with Crippen molar-refractivity contribution in [2.24, 2.45) is 0 Å². The molecule has 0 bridgehead atoms. The lowest BCUT2D eigenvalue weighted by atomic mass is 10.1. The highest BCUT2D eigenvalue weighted by atomic mass is 15.1. The molecule has 49 heavy (non-hydrogen) atoms. The van der Waals surface area contributed by atoms with Crippen LogP contribution in [0.5, 0.6) is 0 Å². The molecule has 0 aliphatic heterocycles. The van der Waals surface area contributed by atoms with Crippen molar-refractivity contribution in [2.75, 3.05) is 4.90 Å². The molecule has 0 unspecified atom stereocenters. The Labute approximate surface area is 284 Å². The van der Waals surface area contributed by atoms with E-state index in [2.05, 4.69) is 202 Å². The van der Waals surface area contributed by atoms with E-state index in [1.54, 1.807) is 0 Å². The van der Waals surface area contributed by atoms with Crippen molar-refractivity contribution in [2.45, 2.75) is 0 Å². The Kier molecular flexibility index (Phi) is 6.18. The second-order valence-corrected chi connectivity index (χ2v) is 12.7. The van der Waals surface area contributed by atoms with Crippen molar-refractivity contribution < 1.29 is 0 Å². The van der Waals surface area contributed by atoms with E-state index >= 15 is 0 Å². The maximum atomic E-state index is 2.44. The topological polar surface area (TPSA) is 13.1 Å². The summed E-state index contributed by atoms with van der Waals surface area (Å²) in [5.74, 6) is 0. The summed E-state index contributed by atoms with van der Waals surface area (Å²) in [5, 5.41) is 7.32. The standard InChI is InChI=1S/C46H31N3/c1-3-17-36(18-4-1)48-43-22-12-11-21-41(43)45-46(48)42-31-40(27-28-44(42)49(45)37-19-5-2-6-20-37)47(38-25-23-32-13-7-9-15-34(32)29-38)39-26-24-33-14-8-10-16-35(33)30-39/h1-31H. The Balaban J connectivity index is 1.31. The molecule has 0 saturated carbocycles. The number of para-hydroxylation sites is 3. The maximum absolute atomic E-state index is 2.44. The molecule has 2 heterocycles. The van der Waals surface area contributed by atoms with Gasteiger partial charge in [-0.05, 0) is 94.3 Å². The van der Waals surface area contributed by atoms with Gasteiger partial charge >= 0.3 is 0 Å². The molecule has 230 valence electrons. The molecule has 10 aromatic rings. The lowest BCUT2D eigenvalue weighted by molar-refractivity contribution is 1.17. The van der Waals surface area contributed by atoms with Gasteiger partial charge in [0.05, 0.1) is 22.1 Å². The van der Waals surface area contributed by atoms with E-state index in [1.807, 2.05) is 0 Å². The smallest absolute Gasteiger partial charge is 0.0804 e. The molecule has 0 aliphatic carbocycles. The molecule has 0 amide bonds. The Morgan fingerprint density at radius 2 is 0.735 bits per heavy atom. The zero-order valence-corrected chi connectivity index (χ0v) is 26.7. The first-order chi connectivity index (χ1) is 24.3. The fraction of sp³-hybridized carbons (Fsp3) is 0. The van der Waals surface area contributed by atoms with Gasteiger partial charge in [-0.25, -0.2) is 0 Å². The van der Waals surface area contributed by atoms with Gasteiger partial charge in [-0.15, -0.1) is 0 Å². The lowest BCUT2D eigenvalue weighted by Crippen LogP contribution is -2.10. The fourth-order valence-corrected chi connectivity index (χ4v) is 7.63. The number of benzene rings is 8. The summed E-state index contributed by atoms with van der Waals surface area (Å²) in [6.45, 7) is 0. The van der Waals surface area contributed by atoms with Crippen LogP contribution in [0.1, 0.15) is 0 Å². The molecule has 0 fully saturated rings. The molecule has 0 atom stereocenters. The molecule has 3 heteroatoms. The van der Waals surface area contributed by atoms with E-state index in [1.165, 1.54) is 54.4 Å². The number of anilines is 3. The van der Waals surface area contributed by atoms with Crippen LogP contribution in [0.15, 0.2) is 188 Å². The third-order valence-corrected chi connectivity index (χ3v) is 9.82. The lowest BCUT2D eigenvalue weighted by Gasteiger charge is -2.26. The molecular weight excluding hydrogens is 595 g/mol. The summed E-state index contributed by atoms with van der Waals surface area (Å²) >= 11 is 0. The summed E-state index contributed by atoms with van der Waals surface area (Å²) in [5.41, 5.74) is 10.4. The van der Waals surface area contributed by atoms with Gasteiger partial charge in [-0.1, -0.05) is 115 Å². The van der Waals surface area contributed by atoms with Crippen LogP contribution in [0.4, 0.5) is 17.1 Å². The monoisotopic (exact) mass is 625 g/mol. The molecule has 10 rings (SSSR count). The van der Waals surface area contributed by atoms with Gasteiger partial charge < -0.3 is 14.0 Å². The van der Waals surface area contributed by atoms with Gasteiger partial charge in [0.15, 0.2) is 0 Å². The normalized spacial score (nSPS) is 11.7. The minimum Gasteiger partial charge on any atom is -0.310 e. The quantitative estimate of drug-likeness (QED) is 0.185. The molecule has 0 N–H and O–H groups in total. The number of fused-ring (bicyclic) bond motifs is 7. The predicted octanol–water partition coefficient (Wildman–Crippen LogP) is 12.5. The second-order valence-electron chi connectivity index (χ2n) is 12.7. The highest BCUT2D eigenvalue weighted by Crippen LogP contribution is 2.44. The van der Waals surface area contributed by atoms with Gasteiger partial charge in [0.25, 0.3) is 0 Å². The van der Waals surface area contributed by atoms with Gasteiger partial charge in [-0.3, -0.25) is 0 Å². The van der Waals surface area contributed by atoms with Crippen molar-refractivity contribution in [3.8, 4) is 11.4 Å². The van der Waals surface area contributed by atoms with Crippen LogP contribution >= 0.6 is 0 Å². The maximum Gasteiger partial charge on any atom is 0.0804 e. The van der Waals surface area contributed by atoms with E-state index < -0.39 is 0 Å². The van der Waals surface area contributed by atoms with Crippen molar-refractivity contribution in [3.05, 3.63) is 188 Å². The highest BCUT2D eigenvalue weighted by Gasteiger charge is 2.23. The van der Waals surface area contributed by atoms with Crippen LogP contribution in [-0.4, -0.2) is 9.13 Å². The number of rotatable bonds is 5. The van der Waals surface area contributed by atoms with Crippen LogP contribution in [0.2, 0.25) is 0 Å². The SMILES string of the molecule is c1ccc(-n2c3ccc(N(c4ccc5ccccc5c4)c4ccc5ccccc5c4)cc3c3c2c2ccccc2n3-c2ccccc2)cc1. The summed E-state index contributed by atoms with van der Waals surface area (Å²) in [4.78, 5) is 2.40. The number of nitrogens with zero attached hydrogens (tertiary/aromatic N) is 3. The summed E-state index contributed by atoms with van der Waals surface area (Å²) in [6, 6.07) is 68.0. The van der Waals surface area contributed by atoms with Crippen molar-refractivity contribution in [1.82, 2.24) is 9.13 Å². The Hall–Kier alpha value is -6.58. The molecular formula is C46H31N3. The van der Waals surface area contributed by atoms with Crippen LogP contribution in [0.25, 0.3) is 65.8 Å². The molecule has 0 radical (unpaired) electrons. The Morgan fingerprint density at radius 1 is 0.306 bits per heavy atom. The number of hydrogen-bond donors (Lipinski definition) is 0. The van der Waals surface area contributed by atoms with E-state index in [4.69, 9.17) is 0 Å². The third-order valence-electron chi connectivity index (χ3n) is 9.82. The van der Waals surface area contributed by atoms with Gasteiger partial charge in [0.1, 0.15) is 0 Å². The second kappa shape index (κ2) is 11.0. The summed E-state index contributed by atoms with van der Waals surface area (Å²) in [6.07, 6.45) is 0. The average molecular weight is 626 g/mol. The van der Waals surface area contributed by atoms with Crippen LogP contribution in [0.3, 0.4) is 0 Å². The first-order valence-corrected chi connectivity index (χ1v) is 16.8. The predicted molar refractivity (Wildman–Crippen MR) is 207 cm³/mol. The zero-order chi connectivity index (χ0) is 32.3. The van der Waals surface area contributed by atoms with Crippen LogP contribution in [-0.2, 0) is 0 Å². The molecule has 0 aliphatic rings. The van der Waals surface area contributed by atoms with E-state index in [-0.39, 0.29) is 0 Å². The third kappa shape index (κ3) is 4.37. The van der Waals surface area contributed by atoms with E-state index in [0.717, 1.165) is 28.4 Å². The largest absolute Gasteiger partial charge is 0.310 e. The highest BCUT2D eigenvalue weighted by molar-refractivity contribution is 6.20. The molecule has 0 spiro atoms. The molecule has 0 saturated heterocycles. The Bertz CT molecular complexity index is 2710. The minimum absolute atomic E-state index is 1.11. The van der Waals surface area contributed by atoms with Gasteiger partial charge in [0, 0.05) is 39.2 Å². The molecule has 2 aromatic heterocycles. The van der Waals surface area contributed by atoms with Crippen LogP contribution in [0, 0.1) is 0 Å². The van der Waals surface area contributed by atoms with E-state index in [9.17, 15) is 0 Å². The fourth-order valence-electron chi connectivity index (χ4n) is 7.63. The van der Waals surface area contributed by atoms with Gasteiger partial charge in [0.2, 0.25) is 0 Å². The molecule has 3 nitrogen and oxygen atoms in total. The van der Waals surface area contributed by atoms with Crippen LogP contribution < -0.4 is 4.90 Å². The number of hydrogen-bond acceptors (Lipinski definition) is 1. The van der Waals surface area contributed by atoms with Crippen molar-refractivity contribution in [3.63, 3.8) is 0 Å². The van der Waals surface area contributed by atoms with Gasteiger partial charge in [-0.2, -0.15) is 0 Å². The summed E-state index contributed by atoms with van der Waals surface area (Å²) < 4.78 is 4.87. The van der Waals surface area contributed by atoms with Crippen molar-refractivity contribution in [1.29, 1.82) is 0 Å². The molecule has 8 aromatic carbocycles. The zero-order valence-electron chi connectivity index (χ0n) is 26.7. The first kappa shape index (κ1) is 27.5. The minimum atomic E-state index is 1.11.